The number of rotatable bonds is 7. The molecule has 156 valence electrons. The average Bonchev–Trinajstić information content (AvgIpc) is 2.99. The number of β-lactam (4-membered cyclic amide) rings is 1. The number of benzene rings is 1. The number of Topliss-reactive ketones (excluding diaryl/α,β-unsaturated/α-hetero) is 1. The van der Waals surface area contributed by atoms with E-state index in [1.54, 1.807) is 0 Å². The van der Waals surface area contributed by atoms with Crippen molar-refractivity contribution >= 4 is 35.2 Å². The number of carboxylic acid groups (broad SMARTS) is 1. The van der Waals surface area contributed by atoms with E-state index in [2.05, 4.69) is 10.1 Å². The Labute approximate surface area is 168 Å². The van der Waals surface area contributed by atoms with Crippen molar-refractivity contribution in [3.63, 3.8) is 0 Å². The van der Waals surface area contributed by atoms with Crippen LogP contribution in [0.3, 0.4) is 0 Å². The maximum atomic E-state index is 12.4. The van der Waals surface area contributed by atoms with E-state index in [4.69, 9.17) is 10.3 Å². The first-order valence-corrected chi connectivity index (χ1v) is 8.71. The summed E-state index contributed by atoms with van der Waals surface area (Å²) in [4.78, 5) is 61.3. The smallest absolute Gasteiger partial charge is 0.465 e. The van der Waals surface area contributed by atoms with Crippen LogP contribution in [0.1, 0.15) is 12.0 Å². The molecule has 3 rings (SSSR count). The number of nitrogens with zero attached hydrogens (tertiary/aromatic N) is 3. The Morgan fingerprint density at radius 2 is 2.00 bits per heavy atom. The Kier molecular flexibility index (Phi) is 5.56. The molecule has 2 fully saturated rings. The summed E-state index contributed by atoms with van der Waals surface area (Å²) in [6.45, 7) is -0.363. The molecule has 3 atom stereocenters. The number of nitrogens with one attached hydrogen (secondary N) is 2. The van der Waals surface area contributed by atoms with Gasteiger partial charge in [0.05, 0.1) is 21.3 Å². The molecule has 0 unspecified atom stereocenters. The van der Waals surface area contributed by atoms with Crippen molar-refractivity contribution in [3.05, 3.63) is 39.9 Å². The minimum absolute atomic E-state index is 0.0712. The first kappa shape index (κ1) is 20.6. The number of nitro groups is 1. The third kappa shape index (κ3) is 3.86. The monoisotopic (exact) mass is 418 g/mol. The van der Waals surface area contributed by atoms with Gasteiger partial charge in [-0.2, -0.15) is 0 Å². The molecule has 0 bridgehead atoms. The Hall–Kier alpha value is -4.12. The molecule has 2 heterocycles. The molecule has 30 heavy (non-hydrogen) atoms. The van der Waals surface area contributed by atoms with Gasteiger partial charge in [0.1, 0.15) is 12.6 Å². The maximum Gasteiger partial charge on any atom is 0.490 e. The Morgan fingerprint density at radius 3 is 2.50 bits per heavy atom. The van der Waals surface area contributed by atoms with Gasteiger partial charge in [-0.15, -0.1) is 0 Å². The van der Waals surface area contributed by atoms with Crippen molar-refractivity contribution in [1.82, 2.24) is 10.2 Å². The van der Waals surface area contributed by atoms with Crippen LogP contribution in [0.25, 0.3) is 0 Å². The highest BCUT2D eigenvalue weighted by atomic mass is 16.6. The summed E-state index contributed by atoms with van der Waals surface area (Å²) in [5, 5.41) is 22.3. The van der Waals surface area contributed by atoms with Crippen molar-refractivity contribution in [2.24, 2.45) is 5.92 Å². The Balaban J connectivity index is 1.59. The molecule has 0 radical (unpaired) electrons. The predicted molar refractivity (Wildman–Crippen MR) is 94.4 cm³/mol. The van der Waals surface area contributed by atoms with E-state index in [1.165, 1.54) is 24.3 Å². The van der Waals surface area contributed by atoms with Gasteiger partial charge in [0.15, 0.2) is 0 Å². The fraction of sp³-hybridized carbons (Fsp3) is 0.353. The van der Waals surface area contributed by atoms with Crippen molar-refractivity contribution in [3.8, 4) is 0 Å². The van der Waals surface area contributed by atoms with Crippen LogP contribution in [-0.4, -0.2) is 67.8 Å². The molecule has 0 spiro atoms. The number of nitro benzene ring substituents is 1. The molecule has 2 amide bonds. The zero-order valence-electron chi connectivity index (χ0n) is 15.3. The summed E-state index contributed by atoms with van der Waals surface area (Å²) in [6.07, 6.45) is -1.58. The third-order valence-electron chi connectivity index (χ3n) is 4.97. The molecule has 1 aromatic carbocycles. The molecule has 13 heteroatoms. The van der Waals surface area contributed by atoms with Crippen LogP contribution < -0.4 is 5.32 Å². The second-order valence-electron chi connectivity index (χ2n) is 6.76. The van der Waals surface area contributed by atoms with Gasteiger partial charge in [0.2, 0.25) is 5.91 Å². The number of non-ortho nitro benzene ring substituents is 1. The summed E-state index contributed by atoms with van der Waals surface area (Å²) in [7, 11) is 0. The van der Waals surface area contributed by atoms with Gasteiger partial charge in [-0.3, -0.25) is 24.6 Å². The first-order valence-electron chi connectivity index (χ1n) is 8.71. The highest BCUT2D eigenvalue weighted by Gasteiger charge is 2.56. The highest BCUT2D eigenvalue weighted by Crippen LogP contribution is 2.32. The average molecular weight is 418 g/mol. The Morgan fingerprint density at radius 1 is 1.33 bits per heavy atom. The number of fused-ring (bicyclic) bond motifs is 1. The minimum Gasteiger partial charge on any atom is -0.465 e. The fourth-order valence-electron chi connectivity index (χ4n) is 3.46. The molecule has 3 N–H and O–H groups in total. The molecular formula is C17H16N5O8+. The molecule has 0 aliphatic carbocycles. The van der Waals surface area contributed by atoms with E-state index in [1.807, 2.05) is 0 Å². The molecule has 2 aliphatic heterocycles. The lowest BCUT2D eigenvalue weighted by atomic mass is 9.87. The molecule has 0 saturated carbocycles. The normalized spacial score (nSPS) is 21.5. The van der Waals surface area contributed by atoms with Crippen LogP contribution in [0.5, 0.6) is 0 Å². The zero-order chi connectivity index (χ0) is 22.0. The molecule has 0 aromatic heterocycles. The summed E-state index contributed by atoms with van der Waals surface area (Å²) >= 11 is 0. The standard InChI is InChI=1S/C17H15N5O8/c18-20-13(16(25)30-7-8-1-3-10(4-2-8)22(28)29)11(23)5-9-6-21(17(26)27)14-12(9)19-15(14)24/h1-4,9,12,14,18H,5-7H2,(H-,19,24,26,27)/p+1/t9-,12-,14+/m1/s1. The molecular weight excluding hydrogens is 402 g/mol. The van der Waals surface area contributed by atoms with Gasteiger partial charge >= 0.3 is 17.8 Å². The second-order valence-corrected chi connectivity index (χ2v) is 6.76. The zero-order valence-corrected chi connectivity index (χ0v) is 15.3. The van der Waals surface area contributed by atoms with E-state index in [9.17, 15) is 34.4 Å². The van der Waals surface area contributed by atoms with Gasteiger partial charge < -0.3 is 15.2 Å². The summed E-state index contributed by atoms with van der Waals surface area (Å²) in [5.41, 5.74) is 6.65. The van der Waals surface area contributed by atoms with Gasteiger partial charge in [-0.25, -0.2) is 9.59 Å². The van der Waals surface area contributed by atoms with E-state index in [0.29, 0.717) is 5.56 Å². The number of ketones is 1. The van der Waals surface area contributed by atoms with Gasteiger partial charge in [0, 0.05) is 31.0 Å². The topological polar surface area (TPSA) is 194 Å². The number of hydrogen-bond donors (Lipinski definition) is 3. The molecule has 1 aromatic rings. The lowest BCUT2D eigenvalue weighted by molar-refractivity contribution is -0.384. The van der Waals surface area contributed by atoms with E-state index < -0.39 is 52.4 Å². The lowest BCUT2D eigenvalue weighted by Crippen LogP contribution is -2.66. The van der Waals surface area contributed by atoms with Crippen LogP contribution in [-0.2, 0) is 25.7 Å². The highest BCUT2D eigenvalue weighted by molar-refractivity contribution is 6.62. The quantitative estimate of drug-likeness (QED) is 0.0788. The fourth-order valence-corrected chi connectivity index (χ4v) is 3.46. The van der Waals surface area contributed by atoms with E-state index in [0.717, 1.165) is 4.90 Å². The lowest BCUT2D eigenvalue weighted by Gasteiger charge is -2.35. The van der Waals surface area contributed by atoms with Crippen LogP contribution in [0.4, 0.5) is 10.5 Å². The minimum atomic E-state index is -1.29. The van der Waals surface area contributed by atoms with Crippen molar-refractivity contribution < 1.29 is 38.7 Å². The Bertz CT molecular complexity index is 976. The molecule has 13 nitrogen and oxygen atoms in total. The SMILES string of the molecule is N=[N+]=C(C(=O)C[C@@H]1CN(C(=O)O)[C@@H]2C(=O)N[C@H]12)C(=O)OCc1ccc([N+](=O)[O-])cc1. The van der Waals surface area contributed by atoms with E-state index in [-0.39, 0.29) is 25.3 Å². The molecule has 2 saturated heterocycles. The maximum absolute atomic E-state index is 12.4. The number of carbonyl (C=O) groups is 4. The third-order valence-corrected chi connectivity index (χ3v) is 4.97. The molecule has 2 aliphatic rings. The van der Waals surface area contributed by atoms with Crippen molar-refractivity contribution in [2.75, 3.05) is 6.54 Å². The largest absolute Gasteiger partial charge is 0.490 e. The van der Waals surface area contributed by atoms with Crippen LogP contribution in [0.15, 0.2) is 24.3 Å². The van der Waals surface area contributed by atoms with Gasteiger partial charge in [-0.05, 0) is 17.7 Å². The van der Waals surface area contributed by atoms with Crippen LogP contribution >= 0.6 is 0 Å². The number of amides is 2. The van der Waals surface area contributed by atoms with Crippen molar-refractivity contribution in [2.45, 2.75) is 25.1 Å². The second kappa shape index (κ2) is 8.09. The number of likely N-dealkylation sites (tertiary alicyclic amines) is 1. The first-order chi connectivity index (χ1) is 14.2. The summed E-state index contributed by atoms with van der Waals surface area (Å²) in [6, 6.07) is 3.80. The van der Waals surface area contributed by atoms with Gasteiger partial charge in [-0.1, -0.05) is 0 Å². The van der Waals surface area contributed by atoms with Crippen molar-refractivity contribution in [1.29, 1.82) is 5.53 Å². The summed E-state index contributed by atoms with van der Waals surface area (Å²) < 4.78 is 4.95. The number of ether oxygens (including phenoxy) is 1. The number of hydrogen-bond acceptors (Lipinski definition) is 8. The van der Waals surface area contributed by atoms with E-state index >= 15 is 0 Å². The van der Waals surface area contributed by atoms with Crippen LogP contribution in [0, 0.1) is 21.6 Å². The number of carbonyl (C=O) groups excluding carboxylic acids is 3. The summed E-state index contributed by atoms with van der Waals surface area (Å²) in [5.74, 6) is -2.96. The predicted octanol–water partition coefficient (Wildman–Crippen LogP) is -0.246. The number of esters is 1. The van der Waals surface area contributed by atoms with Crippen LogP contribution in [0.2, 0.25) is 0 Å². The van der Waals surface area contributed by atoms with Gasteiger partial charge in [0.25, 0.3) is 11.5 Å².